The average molecular weight is 327 g/mol. The molecule has 0 aliphatic carbocycles. The number of H-pyrrole nitrogens is 1. The van der Waals surface area contributed by atoms with Crippen molar-refractivity contribution in [2.45, 2.75) is 32.7 Å². The number of rotatable bonds is 4. The number of nitrogens with one attached hydrogen (secondary N) is 2. The normalized spacial score (nSPS) is 17.1. The zero-order valence-corrected chi connectivity index (χ0v) is 13.9. The molecule has 7 nitrogen and oxygen atoms in total. The van der Waals surface area contributed by atoms with E-state index >= 15 is 0 Å². The summed E-state index contributed by atoms with van der Waals surface area (Å²) in [6.07, 6.45) is 4.96. The maximum absolute atomic E-state index is 12.6. The van der Waals surface area contributed by atoms with Gasteiger partial charge in [0.2, 0.25) is 5.91 Å². The lowest BCUT2D eigenvalue weighted by atomic mass is 10.0. The molecule has 3 heterocycles. The Bertz CT molecular complexity index is 721. The maximum Gasteiger partial charge on any atom is 0.253 e. The number of carbonyl (C=O) groups excluding carboxylic acids is 2. The van der Waals surface area contributed by atoms with Crippen molar-refractivity contribution in [1.82, 2.24) is 25.4 Å². The van der Waals surface area contributed by atoms with Crippen molar-refractivity contribution in [3.63, 3.8) is 0 Å². The highest BCUT2D eigenvalue weighted by Crippen LogP contribution is 2.34. The molecule has 0 aromatic carbocycles. The maximum atomic E-state index is 12.6. The van der Waals surface area contributed by atoms with Crippen LogP contribution >= 0.6 is 0 Å². The summed E-state index contributed by atoms with van der Waals surface area (Å²) in [5, 5.41) is 9.89. The number of nitrogens with zero attached hydrogens (tertiary/aromatic N) is 3. The highest BCUT2D eigenvalue weighted by molar-refractivity contribution is 5.96. The van der Waals surface area contributed by atoms with E-state index in [-0.39, 0.29) is 24.4 Å². The van der Waals surface area contributed by atoms with Crippen LogP contribution in [0.3, 0.4) is 0 Å². The number of hydrogen-bond acceptors (Lipinski definition) is 4. The number of pyridine rings is 1. The molecule has 1 saturated heterocycles. The van der Waals surface area contributed by atoms with Gasteiger partial charge in [0.1, 0.15) is 0 Å². The second-order valence-electron chi connectivity index (χ2n) is 6.02. The number of aryl methyl sites for hydroxylation is 2. The van der Waals surface area contributed by atoms with Crippen LogP contribution in [0.15, 0.2) is 24.5 Å². The number of carbonyl (C=O) groups is 2. The molecular formula is C17H21N5O2. The van der Waals surface area contributed by atoms with Gasteiger partial charge < -0.3 is 10.2 Å². The minimum absolute atomic E-state index is 0.0137. The van der Waals surface area contributed by atoms with Gasteiger partial charge in [0.25, 0.3) is 5.91 Å². The highest BCUT2D eigenvalue weighted by Gasteiger charge is 2.32. The van der Waals surface area contributed by atoms with Crippen LogP contribution in [0.5, 0.6) is 0 Å². The molecule has 1 aliphatic rings. The van der Waals surface area contributed by atoms with Crippen LogP contribution in [0.4, 0.5) is 0 Å². The van der Waals surface area contributed by atoms with Crippen molar-refractivity contribution in [3.05, 3.63) is 47.0 Å². The van der Waals surface area contributed by atoms with E-state index in [4.69, 9.17) is 0 Å². The SMILES string of the molecule is Cc1n[nH]c(C)c1C1CCCN1C(=O)CNC(=O)c1cccnc1. The molecule has 1 fully saturated rings. The summed E-state index contributed by atoms with van der Waals surface area (Å²) in [5.41, 5.74) is 3.47. The smallest absolute Gasteiger partial charge is 0.253 e. The third kappa shape index (κ3) is 3.15. The Kier molecular flexibility index (Phi) is 4.59. The number of amides is 2. The van der Waals surface area contributed by atoms with Crippen molar-refractivity contribution in [3.8, 4) is 0 Å². The van der Waals surface area contributed by atoms with Crippen LogP contribution in [0.1, 0.15) is 46.2 Å². The Morgan fingerprint density at radius 2 is 2.25 bits per heavy atom. The van der Waals surface area contributed by atoms with Gasteiger partial charge in [-0.1, -0.05) is 0 Å². The average Bonchev–Trinajstić information content (AvgIpc) is 3.19. The molecule has 2 aromatic heterocycles. The fraction of sp³-hybridized carbons (Fsp3) is 0.412. The quantitative estimate of drug-likeness (QED) is 0.890. The Morgan fingerprint density at radius 1 is 1.42 bits per heavy atom. The zero-order valence-electron chi connectivity index (χ0n) is 13.9. The van der Waals surface area contributed by atoms with Gasteiger partial charge in [-0.25, -0.2) is 0 Å². The Labute approximate surface area is 140 Å². The van der Waals surface area contributed by atoms with Crippen LogP contribution in [0.2, 0.25) is 0 Å². The summed E-state index contributed by atoms with van der Waals surface area (Å²) in [5.74, 6) is -0.363. The molecular weight excluding hydrogens is 306 g/mol. The third-order valence-corrected chi connectivity index (χ3v) is 4.42. The van der Waals surface area contributed by atoms with Gasteiger partial charge >= 0.3 is 0 Å². The summed E-state index contributed by atoms with van der Waals surface area (Å²) in [6.45, 7) is 4.61. The second kappa shape index (κ2) is 6.82. The summed E-state index contributed by atoms with van der Waals surface area (Å²) in [6, 6.07) is 3.40. The second-order valence-corrected chi connectivity index (χ2v) is 6.02. The standard InChI is InChI=1S/C17H21N5O2/c1-11-16(12(2)21-20-11)14-6-4-8-22(14)15(23)10-19-17(24)13-5-3-7-18-9-13/h3,5,7,9,14H,4,6,8,10H2,1-2H3,(H,19,24)(H,20,21). The highest BCUT2D eigenvalue weighted by atomic mass is 16.2. The summed E-state index contributed by atoms with van der Waals surface area (Å²) in [7, 11) is 0. The minimum atomic E-state index is -0.289. The monoisotopic (exact) mass is 327 g/mol. The molecule has 0 saturated carbocycles. The lowest BCUT2D eigenvalue weighted by molar-refractivity contribution is -0.131. The lowest BCUT2D eigenvalue weighted by Gasteiger charge is -2.25. The van der Waals surface area contributed by atoms with Crippen LogP contribution < -0.4 is 5.32 Å². The molecule has 0 spiro atoms. The molecule has 7 heteroatoms. The van der Waals surface area contributed by atoms with Crippen LogP contribution in [0, 0.1) is 13.8 Å². The van der Waals surface area contributed by atoms with Gasteiger partial charge in [0, 0.05) is 30.2 Å². The van der Waals surface area contributed by atoms with Crippen molar-refractivity contribution in [2.75, 3.05) is 13.1 Å². The van der Waals surface area contributed by atoms with E-state index in [0.717, 1.165) is 29.8 Å². The van der Waals surface area contributed by atoms with Gasteiger partial charge in [-0.15, -0.1) is 0 Å². The van der Waals surface area contributed by atoms with E-state index in [0.29, 0.717) is 12.1 Å². The van der Waals surface area contributed by atoms with E-state index in [1.54, 1.807) is 18.3 Å². The van der Waals surface area contributed by atoms with E-state index in [1.807, 2.05) is 18.7 Å². The Morgan fingerprint density at radius 3 is 2.92 bits per heavy atom. The summed E-state index contributed by atoms with van der Waals surface area (Å²) >= 11 is 0. The number of likely N-dealkylation sites (tertiary alicyclic amines) is 1. The molecule has 2 N–H and O–H groups in total. The molecule has 24 heavy (non-hydrogen) atoms. The lowest BCUT2D eigenvalue weighted by Crippen LogP contribution is -2.40. The molecule has 3 rings (SSSR count). The largest absolute Gasteiger partial charge is 0.343 e. The van der Waals surface area contributed by atoms with Crippen molar-refractivity contribution >= 4 is 11.8 Å². The van der Waals surface area contributed by atoms with Gasteiger partial charge in [-0.05, 0) is 38.8 Å². The number of aromatic nitrogens is 3. The van der Waals surface area contributed by atoms with E-state index < -0.39 is 0 Å². The van der Waals surface area contributed by atoms with Gasteiger partial charge in [-0.2, -0.15) is 5.10 Å². The first-order chi connectivity index (χ1) is 11.6. The summed E-state index contributed by atoms with van der Waals surface area (Å²) < 4.78 is 0. The first-order valence-electron chi connectivity index (χ1n) is 8.07. The van der Waals surface area contributed by atoms with Crippen LogP contribution in [0.25, 0.3) is 0 Å². The topological polar surface area (TPSA) is 91.0 Å². The predicted molar refractivity (Wildman–Crippen MR) is 88.3 cm³/mol. The molecule has 2 aromatic rings. The first-order valence-corrected chi connectivity index (χ1v) is 8.07. The van der Waals surface area contributed by atoms with E-state index in [1.165, 1.54) is 6.20 Å². The molecule has 0 bridgehead atoms. The van der Waals surface area contributed by atoms with Crippen LogP contribution in [-0.4, -0.2) is 45.0 Å². The van der Waals surface area contributed by atoms with E-state index in [2.05, 4.69) is 20.5 Å². The third-order valence-electron chi connectivity index (χ3n) is 4.42. The Hall–Kier alpha value is -2.70. The summed E-state index contributed by atoms with van der Waals surface area (Å²) in [4.78, 5) is 30.4. The fourth-order valence-corrected chi connectivity index (χ4v) is 3.27. The minimum Gasteiger partial charge on any atom is -0.343 e. The van der Waals surface area contributed by atoms with Crippen molar-refractivity contribution in [1.29, 1.82) is 0 Å². The van der Waals surface area contributed by atoms with Gasteiger partial charge in [0.15, 0.2) is 0 Å². The molecule has 1 unspecified atom stereocenters. The van der Waals surface area contributed by atoms with Crippen LogP contribution in [-0.2, 0) is 4.79 Å². The van der Waals surface area contributed by atoms with Crippen molar-refractivity contribution < 1.29 is 9.59 Å². The molecule has 1 aliphatic heterocycles. The number of aromatic amines is 1. The predicted octanol–water partition coefficient (Wildman–Crippen LogP) is 1.52. The first kappa shape index (κ1) is 16.2. The van der Waals surface area contributed by atoms with Gasteiger partial charge in [0.05, 0.1) is 23.8 Å². The van der Waals surface area contributed by atoms with Crippen molar-refractivity contribution in [2.24, 2.45) is 0 Å². The van der Waals surface area contributed by atoms with Gasteiger partial charge in [-0.3, -0.25) is 19.7 Å². The van der Waals surface area contributed by atoms with E-state index in [9.17, 15) is 9.59 Å². The number of hydrogen-bond donors (Lipinski definition) is 2. The molecule has 0 radical (unpaired) electrons. The Balaban J connectivity index is 1.65. The molecule has 126 valence electrons. The molecule has 2 amide bonds. The fourth-order valence-electron chi connectivity index (χ4n) is 3.27. The molecule has 1 atom stereocenters. The zero-order chi connectivity index (χ0) is 17.1.